The summed E-state index contributed by atoms with van der Waals surface area (Å²) < 4.78 is 5.20. The molecule has 2 N–H and O–H groups in total. The highest BCUT2D eigenvalue weighted by Crippen LogP contribution is 2.18. The molecular weight excluding hydrogens is 256 g/mol. The molecule has 6 heteroatoms. The number of hydrogen-bond donors (Lipinski definition) is 2. The van der Waals surface area contributed by atoms with Crippen LogP contribution in [0.2, 0.25) is 0 Å². The molecule has 0 aliphatic rings. The van der Waals surface area contributed by atoms with E-state index in [9.17, 15) is 4.79 Å². The molecule has 0 unspecified atom stereocenters. The third-order valence-electron chi connectivity index (χ3n) is 2.41. The van der Waals surface area contributed by atoms with Crippen molar-refractivity contribution in [3.05, 3.63) is 54.5 Å². The van der Waals surface area contributed by atoms with E-state index in [4.69, 9.17) is 4.74 Å². The summed E-state index contributed by atoms with van der Waals surface area (Å²) in [5.41, 5.74) is 0.867. The third kappa shape index (κ3) is 3.81. The van der Waals surface area contributed by atoms with E-state index in [0.717, 1.165) is 11.3 Å². The first-order valence-corrected chi connectivity index (χ1v) is 5.93. The molecule has 0 saturated heterocycles. The van der Waals surface area contributed by atoms with Gasteiger partial charge in [0, 0.05) is 24.2 Å². The molecule has 0 bridgehead atoms. The number of nitrogens with zero attached hydrogens (tertiary/aromatic N) is 2. The van der Waals surface area contributed by atoms with Gasteiger partial charge in [-0.05, 0) is 18.2 Å². The zero-order valence-corrected chi connectivity index (χ0v) is 10.9. The molecule has 2 amide bonds. The van der Waals surface area contributed by atoms with Crippen LogP contribution in [0.3, 0.4) is 0 Å². The average Bonchev–Trinajstić information content (AvgIpc) is 2.49. The Labute approximate surface area is 116 Å². The lowest BCUT2D eigenvalue weighted by atomic mass is 10.2. The Bertz CT molecular complexity index is 599. The van der Waals surface area contributed by atoms with Crippen LogP contribution in [0.4, 0.5) is 10.7 Å². The molecule has 0 aliphatic carbocycles. The first kappa shape index (κ1) is 13.5. The van der Waals surface area contributed by atoms with Crippen molar-refractivity contribution in [2.75, 3.05) is 12.4 Å². The summed E-state index contributed by atoms with van der Waals surface area (Å²) in [6.45, 7) is 0. The van der Waals surface area contributed by atoms with Gasteiger partial charge in [0.2, 0.25) is 5.95 Å². The van der Waals surface area contributed by atoms with E-state index in [1.165, 1.54) is 6.20 Å². The number of hydrogen-bond acceptors (Lipinski definition) is 4. The molecule has 102 valence electrons. The highest BCUT2D eigenvalue weighted by Gasteiger charge is 2.00. The summed E-state index contributed by atoms with van der Waals surface area (Å²) in [6.07, 6.45) is 6.36. The quantitative estimate of drug-likeness (QED) is 0.893. The summed E-state index contributed by atoms with van der Waals surface area (Å²) in [6, 6.07) is 8.75. The average molecular weight is 270 g/mol. The van der Waals surface area contributed by atoms with Gasteiger partial charge in [-0.15, -0.1) is 0 Å². The predicted molar refractivity (Wildman–Crippen MR) is 76.2 cm³/mol. The van der Waals surface area contributed by atoms with E-state index in [0.29, 0.717) is 0 Å². The number of nitrogens with one attached hydrogen (secondary N) is 2. The van der Waals surface area contributed by atoms with Crippen LogP contribution in [-0.2, 0) is 0 Å². The van der Waals surface area contributed by atoms with Gasteiger partial charge in [0.15, 0.2) is 0 Å². The lowest BCUT2D eigenvalue weighted by Gasteiger charge is -2.04. The Kier molecular flexibility index (Phi) is 4.66. The van der Waals surface area contributed by atoms with Crippen LogP contribution in [0.25, 0.3) is 6.08 Å². The molecule has 0 radical (unpaired) electrons. The number of amides is 2. The van der Waals surface area contributed by atoms with Crippen LogP contribution in [-0.4, -0.2) is 23.1 Å². The van der Waals surface area contributed by atoms with Gasteiger partial charge in [-0.1, -0.05) is 18.2 Å². The molecular formula is C14H14N4O2. The molecule has 0 atom stereocenters. The minimum atomic E-state index is -0.414. The second-order valence-electron chi connectivity index (χ2n) is 3.75. The number of carbonyl (C=O) groups excluding carboxylic acids is 1. The molecule has 0 saturated carbocycles. The Morgan fingerprint density at radius 1 is 1.20 bits per heavy atom. The lowest BCUT2D eigenvalue weighted by Crippen LogP contribution is -2.24. The smallest absolute Gasteiger partial charge is 0.325 e. The summed E-state index contributed by atoms with van der Waals surface area (Å²) >= 11 is 0. The number of benzene rings is 1. The van der Waals surface area contributed by atoms with Crippen LogP contribution >= 0.6 is 0 Å². The van der Waals surface area contributed by atoms with E-state index < -0.39 is 6.03 Å². The summed E-state index contributed by atoms with van der Waals surface area (Å²) in [7, 11) is 1.60. The van der Waals surface area contributed by atoms with Crippen LogP contribution < -0.4 is 15.4 Å². The topological polar surface area (TPSA) is 76.1 Å². The second kappa shape index (κ2) is 6.89. The maximum Gasteiger partial charge on any atom is 0.325 e. The van der Waals surface area contributed by atoms with Crippen molar-refractivity contribution in [3.63, 3.8) is 0 Å². The van der Waals surface area contributed by atoms with Crippen molar-refractivity contribution in [2.45, 2.75) is 0 Å². The van der Waals surface area contributed by atoms with Gasteiger partial charge in [0.1, 0.15) is 5.75 Å². The second-order valence-corrected chi connectivity index (χ2v) is 3.75. The maximum atomic E-state index is 11.6. The molecule has 2 rings (SSSR count). The van der Waals surface area contributed by atoms with Crippen LogP contribution in [0, 0.1) is 0 Å². The highest BCUT2D eigenvalue weighted by molar-refractivity contribution is 5.88. The normalized spacial score (nSPS) is 10.2. The number of anilines is 1. The highest BCUT2D eigenvalue weighted by atomic mass is 16.5. The maximum absolute atomic E-state index is 11.6. The summed E-state index contributed by atoms with van der Waals surface area (Å²) in [4.78, 5) is 19.3. The zero-order chi connectivity index (χ0) is 14.2. The lowest BCUT2D eigenvalue weighted by molar-refractivity contribution is 0.255. The van der Waals surface area contributed by atoms with Crippen LogP contribution in [0.5, 0.6) is 5.75 Å². The van der Waals surface area contributed by atoms with Gasteiger partial charge >= 0.3 is 6.03 Å². The number of para-hydroxylation sites is 1. The van der Waals surface area contributed by atoms with Crippen molar-refractivity contribution in [1.29, 1.82) is 0 Å². The van der Waals surface area contributed by atoms with Crippen molar-refractivity contribution in [1.82, 2.24) is 15.3 Å². The van der Waals surface area contributed by atoms with Gasteiger partial charge in [0.05, 0.1) is 7.11 Å². The number of aromatic nitrogens is 2. The molecule has 1 aromatic carbocycles. The SMILES string of the molecule is COc1ccccc1/C=C/NC(=O)Nc1ncccn1. The molecule has 20 heavy (non-hydrogen) atoms. The number of rotatable bonds is 4. The van der Waals surface area contributed by atoms with Crippen molar-refractivity contribution < 1.29 is 9.53 Å². The molecule has 0 spiro atoms. The van der Waals surface area contributed by atoms with E-state index in [2.05, 4.69) is 20.6 Å². The molecule has 6 nitrogen and oxygen atoms in total. The van der Waals surface area contributed by atoms with Gasteiger partial charge in [-0.25, -0.2) is 14.8 Å². The van der Waals surface area contributed by atoms with Crippen molar-refractivity contribution in [2.24, 2.45) is 0 Å². The molecule has 0 aliphatic heterocycles. The summed E-state index contributed by atoms with van der Waals surface area (Å²) in [5.74, 6) is 0.980. The van der Waals surface area contributed by atoms with Gasteiger partial charge in [0.25, 0.3) is 0 Å². The Balaban J connectivity index is 1.91. The number of urea groups is 1. The number of ether oxygens (including phenoxy) is 1. The van der Waals surface area contributed by atoms with Crippen LogP contribution in [0.1, 0.15) is 5.56 Å². The first-order valence-electron chi connectivity index (χ1n) is 5.93. The zero-order valence-electron chi connectivity index (χ0n) is 10.9. The van der Waals surface area contributed by atoms with Gasteiger partial charge < -0.3 is 10.1 Å². The largest absolute Gasteiger partial charge is 0.496 e. The Morgan fingerprint density at radius 3 is 2.70 bits per heavy atom. The monoisotopic (exact) mass is 270 g/mol. The van der Waals surface area contributed by atoms with E-state index in [1.807, 2.05) is 24.3 Å². The fourth-order valence-corrected chi connectivity index (χ4v) is 1.51. The van der Waals surface area contributed by atoms with E-state index >= 15 is 0 Å². The molecule has 0 fully saturated rings. The predicted octanol–water partition coefficient (Wildman–Crippen LogP) is 2.28. The van der Waals surface area contributed by atoms with Crippen LogP contribution in [0.15, 0.2) is 48.9 Å². The molecule has 1 heterocycles. The third-order valence-corrected chi connectivity index (χ3v) is 2.41. The Morgan fingerprint density at radius 2 is 1.95 bits per heavy atom. The minimum absolute atomic E-state index is 0.246. The Hall–Kier alpha value is -2.89. The minimum Gasteiger partial charge on any atom is -0.496 e. The fourth-order valence-electron chi connectivity index (χ4n) is 1.51. The van der Waals surface area contributed by atoms with Gasteiger partial charge in [-0.2, -0.15) is 0 Å². The van der Waals surface area contributed by atoms with Crippen molar-refractivity contribution >= 4 is 18.1 Å². The van der Waals surface area contributed by atoms with E-state index in [1.54, 1.807) is 31.6 Å². The standard InChI is InChI=1S/C14H14N4O2/c1-20-12-6-3-2-5-11(12)7-10-17-14(19)18-13-15-8-4-9-16-13/h2-10H,1H3,(H2,15,16,17,18,19)/b10-7+. The molecule has 1 aromatic heterocycles. The summed E-state index contributed by atoms with van der Waals surface area (Å²) in [5, 5.41) is 5.07. The number of carbonyl (C=O) groups is 1. The number of methoxy groups -OCH3 is 1. The van der Waals surface area contributed by atoms with Gasteiger partial charge in [-0.3, -0.25) is 5.32 Å². The fraction of sp³-hybridized carbons (Fsp3) is 0.0714. The molecule has 2 aromatic rings. The first-order chi connectivity index (χ1) is 9.79. The van der Waals surface area contributed by atoms with Crippen molar-refractivity contribution in [3.8, 4) is 5.75 Å². The van der Waals surface area contributed by atoms with E-state index in [-0.39, 0.29) is 5.95 Å².